The lowest BCUT2D eigenvalue weighted by Gasteiger charge is -2.15. The summed E-state index contributed by atoms with van der Waals surface area (Å²) < 4.78 is 0. The number of nitrogens with two attached hydrogens (primary N) is 1. The van der Waals surface area contributed by atoms with Crippen molar-refractivity contribution < 1.29 is 0 Å². The lowest BCUT2D eigenvalue weighted by atomic mass is 9.89. The number of rotatable bonds is 4. The van der Waals surface area contributed by atoms with E-state index in [0.717, 1.165) is 24.1 Å². The molecule has 132 valence electrons. The summed E-state index contributed by atoms with van der Waals surface area (Å²) in [5.74, 6) is 0.550. The Bertz CT molecular complexity index is 998. The number of aliphatic imine (C=N–C) groups is 1. The van der Waals surface area contributed by atoms with Crippen molar-refractivity contribution in [1.29, 1.82) is 0 Å². The van der Waals surface area contributed by atoms with Crippen molar-refractivity contribution in [2.45, 2.75) is 12.8 Å². The zero-order chi connectivity index (χ0) is 18.5. The van der Waals surface area contributed by atoms with Gasteiger partial charge in [0.15, 0.2) is 0 Å². The van der Waals surface area contributed by atoms with Crippen molar-refractivity contribution >= 4 is 11.4 Å². The van der Waals surface area contributed by atoms with Gasteiger partial charge in [-0.1, -0.05) is 91.1 Å². The quantitative estimate of drug-likeness (QED) is 0.569. The second-order valence-electron chi connectivity index (χ2n) is 6.60. The minimum absolute atomic E-state index is 0.550. The molecule has 0 saturated heterocycles. The predicted molar refractivity (Wildman–Crippen MR) is 114 cm³/mol. The molecule has 0 fully saturated rings. The summed E-state index contributed by atoms with van der Waals surface area (Å²) >= 11 is 0. The van der Waals surface area contributed by atoms with Crippen LogP contribution in [0.25, 0.3) is 5.57 Å². The van der Waals surface area contributed by atoms with Crippen LogP contribution in [0.3, 0.4) is 0 Å². The van der Waals surface area contributed by atoms with Crippen LogP contribution < -0.4 is 5.73 Å². The van der Waals surface area contributed by atoms with Gasteiger partial charge in [-0.3, -0.25) is 0 Å². The van der Waals surface area contributed by atoms with E-state index in [0.29, 0.717) is 5.84 Å². The third kappa shape index (κ3) is 3.90. The fourth-order valence-electron chi connectivity index (χ4n) is 3.38. The zero-order valence-corrected chi connectivity index (χ0v) is 15.2. The SMILES string of the molecule is NC(=NC1=CCC=C1)c1ccc(/C(=C2\C=CC=CC2)c2ccccc2)cc1. The molecule has 0 bridgehead atoms. The van der Waals surface area contributed by atoms with Crippen molar-refractivity contribution in [2.24, 2.45) is 10.7 Å². The van der Waals surface area contributed by atoms with E-state index >= 15 is 0 Å². The van der Waals surface area contributed by atoms with Crippen LogP contribution in [0.2, 0.25) is 0 Å². The van der Waals surface area contributed by atoms with Crippen molar-refractivity contribution in [2.75, 3.05) is 0 Å². The molecule has 2 aromatic rings. The van der Waals surface area contributed by atoms with Crippen LogP contribution in [0.5, 0.6) is 0 Å². The molecule has 0 unspecified atom stereocenters. The summed E-state index contributed by atoms with van der Waals surface area (Å²) in [5.41, 5.74) is 13.1. The van der Waals surface area contributed by atoms with Gasteiger partial charge in [0.1, 0.15) is 5.84 Å². The van der Waals surface area contributed by atoms with Gasteiger partial charge >= 0.3 is 0 Å². The number of amidine groups is 1. The van der Waals surface area contributed by atoms with Gasteiger partial charge < -0.3 is 5.73 Å². The van der Waals surface area contributed by atoms with Crippen LogP contribution >= 0.6 is 0 Å². The topological polar surface area (TPSA) is 38.4 Å². The van der Waals surface area contributed by atoms with Gasteiger partial charge in [-0.2, -0.15) is 0 Å². The summed E-state index contributed by atoms with van der Waals surface area (Å²) in [4.78, 5) is 4.51. The Morgan fingerprint density at radius 3 is 2.19 bits per heavy atom. The first-order valence-corrected chi connectivity index (χ1v) is 9.25. The molecule has 0 aliphatic heterocycles. The van der Waals surface area contributed by atoms with Crippen LogP contribution in [0.1, 0.15) is 29.5 Å². The monoisotopic (exact) mass is 350 g/mol. The molecule has 2 aliphatic carbocycles. The Balaban J connectivity index is 1.71. The van der Waals surface area contributed by atoms with Crippen LogP contribution in [0, 0.1) is 0 Å². The smallest absolute Gasteiger partial charge is 0.131 e. The number of hydrogen-bond acceptors (Lipinski definition) is 1. The molecule has 2 aromatic carbocycles. The molecule has 0 amide bonds. The molecular formula is C25H22N2. The first kappa shape index (κ1) is 17.0. The molecule has 27 heavy (non-hydrogen) atoms. The summed E-state index contributed by atoms with van der Waals surface area (Å²) in [6.45, 7) is 0. The summed E-state index contributed by atoms with van der Waals surface area (Å²) in [6.07, 6.45) is 16.6. The largest absolute Gasteiger partial charge is 0.383 e. The summed E-state index contributed by atoms with van der Waals surface area (Å²) in [7, 11) is 0. The molecule has 0 atom stereocenters. The molecule has 2 N–H and O–H groups in total. The van der Waals surface area contributed by atoms with E-state index in [1.807, 2.05) is 6.08 Å². The first-order valence-electron chi connectivity index (χ1n) is 9.25. The maximum absolute atomic E-state index is 6.20. The highest BCUT2D eigenvalue weighted by Crippen LogP contribution is 2.30. The highest BCUT2D eigenvalue weighted by Gasteiger charge is 2.11. The first-order chi connectivity index (χ1) is 13.3. The molecule has 0 saturated carbocycles. The summed E-state index contributed by atoms with van der Waals surface area (Å²) in [5, 5.41) is 0. The van der Waals surface area contributed by atoms with E-state index in [1.54, 1.807) is 0 Å². The Hall–Kier alpha value is -3.39. The number of hydrogen-bond donors (Lipinski definition) is 1. The third-order valence-corrected chi connectivity index (χ3v) is 4.74. The molecule has 2 nitrogen and oxygen atoms in total. The van der Waals surface area contributed by atoms with Gasteiger partial charge in [0.2, 0.25) is 0 Å². The molecule has 0 radical (unpaired) electrons. The lowest BCUT2D eigenvalue weighted by molar-refractivity contribution is 1.26. The van der Waals surface area contributed by atoms with Crippen molar-refractivity contribution in [3.05, 3.63) is 125 Å². The van der Waals surface area contributed by atoms with Gasteiger partial charge in [-0.15, -0.1) is 0 Å². The van der Waals surface area contributed by atoms with Crippen molar-refractivity contribution in [3.63, 3.8) is 0 Å². The number of benzene rings is 2. The van der Waals surface area contributed by atoms with Gasteiger partial charge in [0, 0.05) is 5.56 Å². The zero-order valence-electron chi connectivity index (χ0n) is 15.2. The average molecular weight is 350 g/mol. The minimum Gasteiger partial charge on any atom is -0.383 e. The maximum atomic E-state index is 6.20. The fourth-order valence-corrected chi connectivity index (χ4v) is 3.38. The molecular weight excluding hydrogens is 328 g/mol. The molecule has 4 rings (SSSR count). The normalized spacial score (nSPS) is 17.9. The van der Waals surface area contributed by atoms with E-state index in [4.69, 9.17) is 5.73 Å². The van der Waals surface area contributed by atoms with Crippen LogP contribution in [-0.4, -0.2) is 5.84 Å². The number of nitrogens with zero attached hydrogens (tertiary/aromatic N) is 1. The van der Waals surface area contributed by atoms with Gasteiger partial charge in [0.05, 0.1) is 5.70 Å². The molecule has 2 aliphatic rings. The van der Waals surface area contributed by atoms with Crippen LogP contribution in [0.15, 0.2) is 113 Å². The van der Waals surface area contributed by atoms with E-state index in [9.17, 15) is 0 Å². The highest BCUT2D eigenvalue weighted by molar-refractivity contribution is 5.98. The highest BCUT2D eigenvalue weighted by atomic mass is 14.9. The Kier molecular flexibility index (Phi) is 4.97. The van der Waals surface area contributed by atoms with E-state index in [2.05, 4.69) is 96.0 Å². The van der Waals surface area contributed by atoms with E-state index in [-0.39, 0.29) is 0 Å². The Labute approximate surface area is 160 Å². The molecule has 0 spiro atoms. The van der Waals surface area contributed by atoms with E-state index in [1.165, 1.54) is 22.3 Å². The molecule has 0 aromatic heterocycles. The number of allylic oxidation sites excluding steroid dienone is 8. The van der Waals surface area contributed by atoms with Crippen molar-refractivity contribution in [3.8, 4) is 0 Å². The predicted octanol–water partition coefficient (Wildman–Crippen LogP) is 5.55. The lowest BCUT2D eigenvalue weighted by Crippen LogP contribution is -2.13. The van der Waals surface area contributed by atoms with Gasteiger partial charge in [-0.05, 0) is 41.2 Å². The Morgan fingerprint density at radius 2 is 1.52 bits per heavy atom. The molecule has 0 heterocycles. The minimum atomic E-state index is 0.550. The standard InChI is InChI=1S/C25H22N2/c26-25(27-23-13-7-8-14-23)22-17-15-21(16-18-22)24(19-9-3-1-4-10-19)20-11-5-2-6-12-20/h1-7,9-11,13-18H,8,12H2,(H2,26,27)/b24-20+. The van der Waals surface area contributed by atoms with Crippen LogP contribution in [0.4, 0.5) is 0 Å². The second kappa shape index (κ2) is 7.88. The average Bonchev–Trinajstić information content (AvgIpc) is 3.23. The van der Waals surface area contributed by atoms with Crippen LogP contribution in [-0.2, 0) is 0 Å². The van der Waals surface area contributed by atoms with Gasteiger partial charge in [0.25, 0.3) is 0 Å². The second-order valence-corrected chi connectivity index (χ2v) is 6.60. The molecule has 2 heteroatoms. The Morgan fingerprint density at radius 1 is 0.778 bits per heavy atom. The van der Waals surface area contributed by atoms with Crippen molar-refractivity contribution in [1.82, 2.24) is 0 Å². The maximum Gasteiger partial charge on any atom is 0.131 e. The summed E-state index contributed by atoms with van der Waals surface area (Å²) in [6, 6.07) is 18.9. The van der Waals surface area contributed by atoms with E-state index < -0.39 is 0 Å². The fraction of sp³-hybridized carbons (Fsp3) is 0.0800. The third-order valence-electron chi connectivity index (χ3n) is 4.74. The van der Waals surface area contributed by atoms with Gasteiger partial charge in [-0.25, -0.2) is 4.99 Å².